The van der Waals surface area contributed by atoms with Crippen molar-refractivity contribution < 1.29 is 0 Å². The number of aromatic amines is 1. The van der Waals surface area contributed by atoms with Crippen LogP contribution in [0.2, 0.25) is 0 Å². The number of aromatic nitrogens is 2. The number of nitrogens with zero attached hydrogens (tertiary/aromatic N) is 2. The molecule has 0 amide bonds. The van der Waals surface area contributed by atoms with E-state index in [1.807, 2.05) is 6.07 Å². The minimum absolute atomic E-state index is 0.136. The summed E-state index contributed by atoms with van der Waals surface area (Å²) in [5.41, 5.74) is 1.58. The molecule has 1 aromatic heterocycles. The molecule has 0 spiro atoms. The summed E-state index contributed by atoms with van der Waals surface area (Å²) >= 11 is 0. The maximum Gasteiger partial charge on any atom is 0.264 e. The first kappa shape index (κ1) is 14.3. The Balaban J connectivity index is 1.94. The molecule has 1 fully saturated rings. The number of hydrogen-bond acceptors (Lipinski definition) is 3. The number of rotatable bonds is 2. The average Bonchev–Trinajstić information content (AvgIpc) is 2.34. The second-order valence-electron chi connectivity index (χ2n) is 7.00. The van der Waals surface area contributed by atoms with Crippen LogP contribution in [0.4, 0.5) is 0 Å². The van der Waals surface area contributed by atoms with Crippen LogP contribution in [0.1, 0.15) is 46.2 Å². The van der Waals surface area contributed by atoms with Gasteiger partial charge in [0, 0.05) is 12.6 Å². The van der Waals surface area contributed by atoms with Gasteiger partial charge in [-0.25, -0.2) is 5.10 Å². The summed E-state index contributed by atoms with van der Waals surface area (Å²) in [7, 11) is 0. The monoisotopic (exact) mass is 263 g/mol. The van der Waals surface area contributed by atoms with E-state index in [-0.39, 0.29) is 5.56 Å². The van der Waals surface area contributed by atoms with Gasteiger partial charge in [0.1, 0.15) is 0 Å². The molecule has 4 heteroatoms. The molecule has 0 aliphatic carbocycles. The summed E-state index contributed by atoms with van der Waals surface area (Å²) in [4.78, 5) is 13.4. The highest BCUT2D eigenvalue weighted by Gasteiger charge is 2.39. The highest BCUT2D eigenvalue weighted by Crippen LogP contribution is 2.46. The lowest BCUT2D eigenvalue weighted by Crippen LogP contribution is -2.44. The Labute approximate surface area is 115 Å². The molecule has 106 valence electrons. The molecule has 1 saturated heterocycles. The molecule has 0 atom stereocenters. The predicted molar refractivity (Wildman–Crippen MR) is 76.9 cm³/mol. The van der Waals surface area contributed by atoms with Crippen molar-refractivity contribution in [1.82, 2.24) is 15.1 Å². The van der Waals surface area contributed by atoms with Gasteiger partial charge in [-0.1, -0.05) is 27.7 Å². The van der Waals surface area contributed by atoms with E-state index in [1.54, 1.807) is 6.07 Å². The van der Waals surface area contributed by atoms with E-state index in [0.717, 1.165) is 25.3 Å². The standard InChI is InChI=1S/C15H25N3O/c1-14(2,3)15(4)7-9-18(10-8-15)11-12-5-6-13(19)17-16-12/h5-6H,7-11H2,1-4H3,(H,17,19). The molecular formula is C15H25N3O. The molecule has 2 heterocycles. The highest BCUT2D eigenvalue weighted by atomic mass is 16.1. The van der Waals surface area contributed by atoms with Crippen molar-refractivity contribution in [2.24, 2.45) is 10.8 Å². The van der Waals surface area contributed by atoms with Crippen LogP contribution in [0.25, 0.3) is 0 Å². The Morgan fingerprint density at radius 2 is 1.95 bits per heavy atom. The lowest BCUT2D eigenvalue weighted by molar-refractivity contribution is 0.0193. The molecule has 0 unspecified atom stereocenters. The Morgan fingerprint density at radius 3 is 2.42 bits per heavy atom. The van der Waals surface area contributed by atoms with Gasteiger partial charge in [-0.15, -0.1) is 0 Å². The normalized spacial score (nSPS) is 20.4. The van der Waals surface area contributed by atoms with Gasteiger partial charge in [0.15, 0.2) is 0 Å². The van der Waals surface area contributed by atoms with E-state index in [4.69, 9.17) is 0 Å². The summed E-state index contributed by atoms with van der Waals surface area (Å²) < 4.78 is 0. The van der Waals surface area contributed by atoms with Crippen LogP contribution in [-0.2, 0) is 6.54 Å². The van der Waals surface area contributed by atoms with Crippen LogP contribution in [0.5, 0.6) is 0 Å². The van der Waals surface area contributed by atoms with Crippen molar-refractivity contribution in [3.8, 4) is 0 Å². The van der Waals surface area contributed by atoms with Crippen LogP contribution >= 0.6 is 0 Å². The average molecular weight is 263 g/mol. The second kappa shape index (κ2) is 5.08. The Bertz CT molecular complexity index is 458. The predicted octanol–water partition coefficient (Wildman–Crippen LogP) is 2.42. The second-order valence-corrected chi connectivity index (χ2v) is 7.00. The summed E-state index contributed by atoms with van der Waals surface area (Å²) in [5.74, 6) is 0. The number of H-pyrrole nitrogens is 1. The first-order valence-electron chi connectivity index (χ1n) is 7.07. The van der Waals surface area contributed by atoms with E-state index in [2.05, 4.69) is 42.8 Å². The van der Waals surface area contributed by atoms with Crippen molar-refractivity contribution >= 4 is 0 Å². The largest absolute Gasteiger partial charge is 0.297 e. The fourth-order valence-corrected chi connectivity index (χ4v) is 2.65. The maximum absolute atomic E-state index is 11.0. The zero-order valence-corrected chi connectivity index (χ0v) is 12.5. The minimum Gasteiger partial charge on any atom is -0.297 e. The topological polar surface area (TPSA) is 49.0 Å². The Kier molecular flexibility index (Phi) is 3.81. The van der Waals surface area contributed by atoms with Crippen molar-refractivity contribution in [3.63, 3.8) is 0 Å². The van der Waals surface area contributed by atoms with Gasteiger partial charge < -0.3 is 0 Å². The first-order chi connectivity index (χ1) is 8.80. The summed E-state index contributed by atoms with van der Waals surface area (Å²) in [6, 6.07) is 3.36. The third kappa shape index (κ3) is 3.24. The van der Waals surface area contributed by atoms with E-state index < -0.39 is 0 Å². The molecule has 1 N–H and O–H groups in total. The molecule has 1 aliphatic heterocycles. The zero-order valence-electron chi connectivity index (χ0n) is 12.5. The summed E-state index contributed by atoms with van der Waals surface area (Å²) in [5, 5.41) is 6.58. The number of nitrogens with one attached hydrogen (secondary N) is 1. The number of likely N-dealkylation sites (tertiary alicyclic amines) is 1. The summed E-state index contributed by atoms with van der Waals surface area (Å²) in [6.45, 7) is 12.5. The molecule has 1 aromatic rings. The van der Waals surface area contributed by atoms with Crippen LogP contribution < -0.4 is 5.56 Å². The molecule has 0 bridgehead atoms. The minimum atomic E-state index is -0.136. The van der Waals surface area contributed by atoms with Gasteiger partial charge in [0.05, 0.1) is 5.69 Å². The van der Waals surface area contributed by atoms with Gasteiger partial charge in [0.2, 0.25) is 0 Å². The van der Waals surface area contributed by atoms with E-state index >= 15 is 0 Å². The third-order valence-electron chi connectivity index (χ3n) is 4.89. The molecular weight excluding hydrogens is 238 g/mol. The lowest BCUT2D eigenvalue weighted by Gasteiger charge is -2.47. The Morgan fingerprint density at radius 1 is 1.32 bits per heavy atom. The lowest BCUT2D eigenvalue weighted by atomic mass is 9.63. The van der Waals surface area contributed by atoms with Gasteiger partial charge in [0.25, 0.3) is 5.56 Å². The van der Waals surface area contributed by atoms with Crippen LogP contribution in [0, 0.1) is 10.8 Å². The van der Waals surface area contributed by atoms with Crippen molar-refractivity contribution in [3.05, 3.63) is 28.2 Å². The Hall–Kier alpha value is -1.16. The smallest absolute Gasteiger partial charge is 0.264 e. The van der Waals surface area contributed by atoms with Gasteiger partial charge in [-0.3, -0.25) is 9.69 Å². The fraction of sp³-hybridized carbons (Fsp3) is 0.733. The van der Waals surface area contributed by atoms with Crippen LogP contribution in [0.3, 0.4) is 0 Å². The van der Waals surface area contributed by atoms with Gasteiger partial charge in [-0.2, -0.15) is 5.10 Å². The van der Waals surface area contributed by atoms with Crippen molar-refractivity contribution in [1.29, 1.82) is 0 Å². The first-order valence-corrected chi connectivity index (χ1v) is 7.07. The van der Waals surface area contributed by atoms with E-state index in [1.165, 1.54) is 12.8 Å². The molecule has 1 aliphatic rings. The van der Waals surface area contributed by atoms with Crippen molar-refractivity contribution in [2.75, 3.05) is 13.1 Å². The maximum atomic E-state index is 11.0. The van der Waals surface area contributed by atoms with Gasteiger partial charge >= 0.3 is 0 Å². The molecule has 4 nitrogen and oxygen atoms in total. The van der Waals surface area contributed by atoms with Crippen molar-refractivity contribution in [2.45, 2.75) is 47.1 Å². The van der Waals surface area contributed by atoms with Gasteiger partial charge in [-0.05, 0) is 42.8 Å². The number of hydrogen-bond donors (Lipinski definition) is 1. The SMILES string of the molecule is CC(C)(C)C1(C)CCN(Cc2ccc(=O)[nH]n2)CC1. The molecule has 2 rings (SSSR count). The summed E-state index contributed by atoms with van der Waals surface area (Å²) in [6.07, 6.45) is 2.44. The van der Waals surface area contributed by atoms with Crippen LogP contribution in [0.15, 0.2) is 16.9 Å². The third-order valence-corrected chi connectivity index (χ3v) is 4.89. The quantitative estimate of drug-likeness (QED) is 0.891. The molecule has 0 saturated carbocycles. The van der Waals surface area contributed by atoms with Crippen LogP contribution in [-0.4, -0.2) is 28.2 Å². The van der Waals surface area contributed by atoms with E-state index in [0.29, 0.717) is 10.8 Å². The van der Waals surface area contributed by atoms with E-state index in [9.17, 15) is 4.79 Å². The number of piperidine rings is 1. The molecule has 19 heavy (non-hydrogen) atoms. The molecule has 0 radical (unpaired) electrons. The fourth-order valence-electron chi connectivity index (χ4n) is 2.65. The highest BCUT2D eigenvalue weighted by molar-refractivity contribution is 5.00. The molecule has 0 aromatic carbocycles. The zero-order chi connectivity index (χ0) is 14.1.